The predicted octanol–water partition coefficient (Wildman–Crippen LogP) is 2.73. The van der Waals surface area contributed by atoms with Crippen LogP contribution in [0.1, 0.15) is 64.2 Å². The summed E-state index contributed by atoms with van der Waals surface area (Å²) in [5, 5.41) is -0.408. The third-order valence-electron chi connectivity index (χ3n) is 4.01. The molecule has 0 aromatic rings. The first-order valence-electron chi connectivity index (χ1n) is 6.77. The Labute approximate surface area is 107 Å². The smallest absolute Gasteiger partial charge is 0.316 e. The van der Waals surface area contributed by atoms with Crippen molar-refractivity contribution in [2.45, 2.75) is 74.7 Å². The van der Waals surface area contributed by atoms with Crippen molar-refractivity contribution >= 4 is 19.1 Å². The summed E-state index contributed by atoms with van der Waals surface area (Å²) in [7, 11) is -5.03. The van der Waals surface area contributed by atoms with Crippen molar-refractivity contribution in [1.82, 2.24) is 0 Å². The maximum absolute atomic E-state index is 12.3. The summed E-state index contributed by atoms with van der Waals surface area (Å²) < 4.78 is 36.8. The van der Waals surface area contributed by atoms with Crippen LogP contribution in [0.2, 0.25) is 0 Å². The molecule has 2 aliphatic carbocycles. The summed E-state index contributed by atoms with van der Waals surface area (Å²) in [5.74, 6) is 0. The Morgan fingerprint density at radius 1 is 0.824 bits per heavy atom. The lowest BCUT2D eigenvalue weighted by Crippen LogP contribution is -2.37. The van der Waals surface area contributed by atoms with E-state index in [9.17, 15) is 13.0 Å². The van der Waals surface area contributed by atoms with E-state index in [1.54, 1.807) is 0 Å². The van der Waals surface area contributed by atoms with E-state index in [-0.39, 0.29) is 10.5 Å². The second kappa shape index (κ2) is 5.93. The van der Waals surface area contributed by atoms with Crippen molar-refractivity contribution in [2.75, 3.05) is 0 Å². The zero-order chi connectivity index (χ0) is 12.3. The molecule has 0 aromatic heterocycles. The molecule has 17 heavy (non-hydrogen) atoms. The van der Waals surface area contributed by atoms with Crippen molar-refractivity contribution in [1.29, 1.82) is 0 Å². The van der Waals surface area contributed by atoms with Gasteiger partial charge in [0.1, 0.15) is 10.5 Å². The molecular weight excluding hydrogens is 256 g/mol. The molecule has 2 fully saturated rings. The van der Waals surface area contributed by atoms with Crippen LogP contribution in [-0.2, 0) is 19.1 Å². The molecule has 0 saturated heterocycles. The zero-order valence-electron chi connectivity index (χ0n) is 10.3. The first-order chi connectivity index (χ1) is 8.12. The maximum atomic E-state index is 12.3. The van der Waals surface area contributed by atoms with Crippen molar-refractivity contribution in [3.63, 3.8) is 0 Å². The third-order valence-corrected chi connectivity index (χ3v) is 9.78. The first kappa shape index (κ1) is 13.7. The van der Waals surface area contributed by atoms with Crippen LogP contribution >= 0.6 is 0 Å². The molecule has 0 spiro atoms. The third kappa shape index (κ3) is 3.18. The largest absolute Gasteiger partial charge is 0.601 e. The summed E-state index contributed by atoms with van der Waals surface area (Å²) in [6.45, 7) is 0. The molecule has 1 atom stereocenters. The molecule has 0 amide bonds. The fraction of sp³-hybridized carbons (Fsp3) is 1.00. The fourth-order valence-electron chi connectivity index (χ4n) is 2.94. The standard InChI is InChI=1S/C12H22O3S2/c13-16(11-7-3-1-4-8-11)17(14,15)12-9-5-2-6-10-12/h11-12H,1-10H2. The molecule has 0 radical (unpaired) electrons. The molecule has 2 aliphatic rings. The Morgan fingerprint density at radius 2 is 1.29 bits per heavy atom. The highest BCUT2D eigenvalue weighted by molar-refractivity contribution is 8.67. The lowest BCUT2D eigenvalue weighted by molar-refractivity contribution is 0.475. The predicted molar refractivity (Wildman–Crippen MR) is 70.8 cm³/mol. The van der Waals surface area contributed by atoms with Gasteiger partial charge in [0.2, 0.25) is 0 Å². The van der Waals surface area contributed by atoms with Crippen LogP contribution in [-0.4, -0.2) is 23.5 Å². The number of hydrogen-bond acceptors (Lipinski definition) is 3. The molecule has 0 bridgehead atoms. The summed E-state index contributed by atoms with van der Waals surface area (Å²) in [6.07, 6.45) is 9.43. The lowest BCUT2D eigenvalue weighted by Gasteiger charge is -2.28. The van der Waals surface area contributed by atoms with Gasteiger partial charge in [-0.15, -0.1) is 0 Å². The van der Waals surface area contributed by atoms with Gasteiger partial charge in [-0.3, -0.25) is 0 Å². The maximum Gasteiger partial charge on any atom is 0.316 e. The van der Waals surface area contributed by atoms with E-state index in [1.165, 1.54) is 0 Å². The van der Waals surface area contributed by atoms with Crippen LogP contribution in [0.4, 0.5) is 0 Å². The molecular formula is C12H22O3S2. The molecule has 2 saturated carbocycles. The van der Waals surface area contributed by atoms with Crippen LogP contribution in [0.5, 0.6) is 0 Å². The molecule has 100 valence electrons. The van der Waals surface area contributed by atoms with Crippen LogP contribution in [0.3, 0.4) is 0 Å². The normalized spacial score (nSPS) is 26.9. The minimum Gasteiger partial charge on any atom is -0.601 e. The van der Waals surface area contributed by atoms with Gasteiger partial charge >= 0.3 is 8.87 Å². The number of hydrogen-bond donors (Lipinski definition) is 0. The minimum atomic E-state index is -3.39. The topological polar surface area (TPSA) is 57.2 Å². The van der Waals surface area contributed by atoms with E-state index >= 15 is 0 Å². The van der Waals surface area contributed by atoms with Gasteiger partial charge < -0.3 is 4.55 Å². The molecule has 5 heteroatoms. The van der Waals surface area contributed by atoms with E-state index < -0.39 is 19.1 Å². The van der Waals surface area contributed by atoms with Crippen molar-refractivity contribution in [3.05, 3.63) is 0 Å². The van der Waals surface area contributed by atoms with Crippen LogP contribution in [0, 0.1) is 0 Å². The Kier molecular flexibility index (Phi) is 4.78. The van der Waals surface area contributed by atoms with E-state index in [2.05, 4.69) is 0 Å². The Bertz CT molecular complexity index is 328. The van der Waals surface area contributed by atoms with Crippen LogP contribution in [0.15, 0.2) is 0 Å². The van der Waals surface area contributed by atoms with E-state index in [0.717, 1.165) is 64.2 Å². The van der Waals surface area contributed by atoms with Crippen molar-refractivity contribution in [2.24, 2.45) is 0 Å². The summed E-state index contributed by atoms with van der Waals surface area (Å²) in [4.78, 5) is 0. The second-order valence-corrected chi connectivity index (χ2v) is 10.5. The summed E-state index contributed by atoms with van der Waals surface area (Å²) >= 11 is 0. The number of rotatable bonds is 3. The lowest BCUT2D eigenvalue weighted by atomic mass is 10.0. The van der Waals surface area contributed by atoms with Gasteiger partial charge in [-0.05, 0) is 38.5 Å². The quantitative estimate of drug-likeness (QED) is 0.589. The molecule has 0 aliphatic heterocycles. The molecule has 0 aromatic carbocycles. The summed E-state index contributed by atoms with van der Waals surface area (Å²) in [5.41, 5.74) is 0. The average molecular weight is 278 g/mol. The molecule has 1 unspecified atom stereocenters. The first-order valence-corrected chi connectivity index (χ1v) is 10.0. The van der Waals surface area contributed by atoms with Gasteiger partial charge in [0.05, 0.1) is 10.2 Å². The Hall–Kier alpha value is 0.260. The molecule has 2 rings (SSSR count). The average Bonchev–Trinajstić information content (AvgIpc) is 2.40. The highest BCUT2D eigenvalue weighted by Gasteiger charge is 2.42. The zero-order valence-corrected chi connectivity index (χ0v) is 11.9. The Morgan fingerprint density at radius 3 is 1.82 bits per heavy atom. The van der Waals surface area contributed by atoms with Crippen LogP contribution in [0.25, 0.3) is 0 Å². The molecule has 3 nitrogen and oxygen atoms in total. The van der Waals surface area contributed by atoms with E-state index in [4.69, 9.17) is 0 Å². The molecule has 0 heterocycles. The van der Waals surface area contributed by atoms with Crippen molar-refractivity contribution in [3.8, 4) is 0 Å². The highest BCUT2D eigenvalue weighted by atomic mass is 33.2. The van der Waals surface area contributed by atoms with Gasteiger partial charge in [-0.1, -0.05) is 25.7 Å². The summed E-state index contributed by atoms with van der Waals surface area (Å²) in [6, 6.07) is 0. The Balaban J connectivity index is 2.02. The van der Waals surface area contributed by atoms with E-state index in [0.29, 0.717) is 0 Å². The minimum absolute atomic E-state index is 0.0873. The SMILES string of the molecule is O=S(=O)(C1CCCCC1)[S+]([O-])C1CCCCC1. The van der Waals surface area contributed by atoms with Gasteiger partial charge in [-0.25, -0.2) is 0 Å². The van der Waals surface area contributed by atoms with E-state index in [1.807, 2.05) is 0 Å². The monoisotopic (exact) mass is 278 g/mol. The van der Waals surface area contributed by atoms with Crippen molar-refractivity contribution < 1.29 is 13.0 Å². The van der Waals surface area contributed by atoms with Gasteiger partial charge in [0, 0.05) is 0 Å². The van der Waals surface area contributed by atoms with Gasteiger partial charge in [-0.2, -0.15) is 8.42 Å². The second-order valence-electron chi connectivity index (χ2n) is 5.27. The molecule has 0 N–H and O–H groups in total. The van der Waals surface area contributed by atoms with Gasteiger partial charge in [0.25, 0.3) is 0 Å². The van der Waals surface area contributed by atoms with Crippen LogP contribution < -0.4 is 0 Å². The highest BCUT2D eigenvalue weighted by Crippen LogP contribution is 2.33. The fourth-order valence-corrected chi connectivity index (χ4v) is 8.31. The van der Waals surface area contributed by atoms with Gasteiger partial charge in [0.15, 0.2) is 0 Å².